The number of nitrogens with zero attached hydrogens (tertiary/aromatic N) is 4. The van der Waals surface area contributed by atoms with Crippen molar-refractivity contribution in [1.82, 2.24) is 19.7 Å². The van der Waals surface area contributed by atoms with Gasteiger partial charge in [-0.1, -0.05) is 18.2 Å². The van der Waals surface area contributed by atoms with Crippen LogP contribution < -0.4 is 5.32 Å². The van der Waals surface area contributed by atoms with Gasteiger partial charge in [0, 0.05) is 38.6 Å². The monoisotopic (exact) mass is 443 g/mol. The molecular formula is C24H18FN5OS. The Labute approximate surface area is 187 Å². The lowest BCUT2D eigenvalue weighted by Gasteiger charge is -2.10. The molecule has 1 amide bonds. The number of hydrogen-bond donors (Lipinski definition) is 1. The Morgan fingerprint density at radius 3 is 2.81 bits per heavy atom. The second-order valence-electron chi connectivity index (χ2n) is 7.28. The summed E-state index contributed by atoms with van der Waals surface area (Å²) in [5, 5.41) is 8.15. The molecule has 4 heterocycles. The van der Waals surface area contributed by atoms with E-state index in [1.807, 2.05) is 37.4 Å². The van der Waals surface area contributed by atoms with Crippen LogP contribution in [-0.2, 0) is 11.3 Å². The molecule has 6 nitrogen and oxygen atoms in total. The summed E-state index contributed by atoms with van der Waals surface area (Å²) in [5.74, 6) is -0.861. The molecule has 0 radical (unpaired) electrons. The fourth-order valence-electron chi connectivity index (χ4n) is 3.54. The topological polar surface area (TPSA) is 72.7 Å². The first kappa shape index (κ1) is 20.0. The second-order valence-corrected chi connectivity index (χ2v) is 8.36. The van der Waals surface area contributed by atoms with Gasteiger partial charge in [-0.3, -0.25) is 19.4 Å². The van der Waals surface area contributed by atoms with Crippen LogP contribution in [0.15, 0.2) is 73.2 Å². The molecule has 32 heavy (non-hydrogen) atoms. The first-order valence-corrected chi connectivity index (χ1v) is 10.8. The number of benzene rings is 1. The van der Waals surface area contributed by atoms with Crippen molar-refractivity contribution in [2.75, 3.05) is 5.32 Å². The highest BCUT2D eigenvalue weighted by Gasteiger charge is 2.20. The number of para-hydroxylation sites is 1. The molecule has 0 atom stereocenters. The van der Waals surface area contributed by atoms with Gasteiger partial charge in [-0.05, 0) is 43.3 Å². The van der Waals surface area contributed by atoms with Gasteiger partial charge in [0.1, 0.15) is 12.4 Å². The third-order valence-corrected chi connectivity index (χ3v) is 6.14. The van der Waals surface area contributed by atoms with Gasteiger partial charge in [-0.25, -0.2) is 4.39 Å². The quantitative estimate of drug-likeness (QED) is 0.400. The summed E-state index contributed by atoms with van der Waals surface area (Å²) in [6.07, 6.45) is 5.34. The lowest BCUT2D eigenvalue weighted by Crippen LogP contribution is -2.20. The standard InChI is InChI=1S/C24H18FN5OS/c1-15-5-4-8-20(28-15)24-17(22-11-16-12-26-10-9-21(16)32-22)13-27-30(24)14-23(31)29-19-7-3-2-6-18(19)25/h2-13H,14H2,1H3,(H,29,31). The molecule has 0 fully saturated rings. The maximum atomic E-state index is 14.0. The predicted octanol–water partition coefficient (Wildman–Crippen LogP) is 5.31. The Morgan fingerprint density at radius 2 is 2.00 bits per heavy atom. The molecule has 1 aromatic carbocycles. The van der Waals surface area contributed by atoms with Crippen molar-refractivity contribution in [1.29, 1.82) is 0 Å². The minimum atomic E-state index is -0.485. The van der Waals surface area contributed by atoms with Crippen LogP contribution in [0.2, 0.25) is 0 Å². The summed E-state index contributed by atoms with van der Waals surface area (Å²) in [5.41, 5.74) is 3.32. The van der Waals surface area contributed by atoms with E-state index in [1.165, 1.54) is 12.1 Å². The highest BCUT2D eigenvalue weighted by molar-refractivity contribution is 7.22. The Balaban J connectivity index is 1.55. The molecule has 0 saturated heterocycles. The Morgan fingerprint density at radius 1 is 1.12 bits per heavy atom. The molecule has 4 aromatic heterocycles. The number of halogens is 1. The van der Waals surface area contributed by atoms with Crippen LogP contribution in [0.25, 0.3) is 31.9 Å². The molecular weight excluding hydrogens is 425 g/mol. The van der Waals surface area contributed by atoms with Crippen molar-refractivity contribution >= 4 is 33.0 Å². The van der Waals surface area contributed by atoms with Gasteiger partial charge in [0.25, 0.3) is 0 Å². The fraction of sp³-hybridized carbons (Fsp3) is 0.0833. The summed E-state index contributed by atoms with van der Waals surface area (Å²) in [6.45, 7) is 1.84. The van der Waals surface area contributed by atoms with Crippen molar-refractivity contribution < 1.29 is 9.18 Å². The molecule has 0 aliphatic carbocycles. The molecule has 8 heteroatoms. The van der Waals surface area contributed by atoms with E-state index in [0.717, 1.165) is 31.9 Å². The van der Waals surface area contributed by atoms with E-state index in [4.69, 9.17) is 0 Å². The summed E-state index contributed by atoms with van der Waals surface area (Å²) in [4.78, 5) is 22.6. The number of rotatable bonds is 5. The number of aromatic nitrogens is 4. The number of anilines is 1. The van der Waals surface area contributed by atoms with Gasteiger partial charge in [0.05, 0.1) is 23.3 Å². The second kappa shape index (κ2) is 8.32. The molecule has 0 spiro atoms. The third kappa shape index (κ3) is 3.88. The van der Waals surface area contributed by atoms with Crippen molar-refractivity contribution in [3.63, 3.8) is 0 Å². The van der Waals surface area contributed by atoms with E-state index in [-0.39, 0.29) is 18.1 Å². The number of amides is 1. The van der Waals surface area contributed by atoms with Crippen molar-refractivity contribution in [3.8, 4) is 21.8 Å². The van der Waals surface area contributed by atoms with Gasteiger partial charge >= 0.3 is 0 Å². The average molecular weight is 444 g/mol. The van der Waals surface area contributed by atoms with Crippen LogP contribution in [0.1, 0.15) is 5.69 Å². The van der Waals surface area contributed by atoms with E-state index in [2.05, 4.69) is 26.4 Å². The maximum Gasteiger partial charge on any atom is 0.246 e. The highest BCUT2D eigenvalue weighted by atomic mass is 32.1. The van der Waals surface area contributed by atoms with Crippen molar-refractivity contribution in [2.24, 2.45) is 0 Å². The lowest BCUT2D eigenvalue weighted by atomic mass is 10.1. The summed E-state index contributed by atoms with van der Waals surface area (Å²) in [6, 6.07) is 15.8. The van der Waals surface area contributed by atoms with Crippen LogP contribution >= 0.6 is 11.3 Å². The van der Waals surface area contributed by atoms with Gasteiger partial charge in [-0.15, -0.1) is 11.3 Å². The average Bonchev–Trinajstić information content (AvgIpc) is 3.39. The fourth-order valence-corrected chi connectivity index (χ4v) is 4.58. The first-order chi connectivity index (χ1) is 15.6. The molecule has 0 unspecified atom stereocenters. The van der Waals surface area contributed by atoms with E-state index >= 15 is 0 Å². The Kier molecular flexibility index (Phi) is 5.20. The molecule has 0 saturated carbocycles. The summed E-state index contributed by atoms with van der Waals surface area (Å²) >= 11 is 1.63. The van der Waals surface area contributed by atoms with Crippen LogP contribution in [0.5, 0.6) is 0 Å². The smallest absolute Gasteiger partial charge is 0.246 e. The summed E-state index contributed by atoms with van der Waals surface area (Å²) in [7, 11) is 0. The van der Waals surface area contributed by atoms with Crippen LogP contribution in [0, 0.1) is 12.7 Å². The zero-order valence-corrected chi connectivity index (χ0v) is 17.9. The first-order valence-electron chi connectivity index (χ1n) is 9.96. The number of carbonyl (C=O) groups is 1. The zero-order valence-electron chi connectivity index (χ0n) is 17.1. The minimum absolute atomic E-state index is 0.0776. The number of aryl methyl sites for hydroxylation is 1. The maximum absolute atomic E-state index is 14.0. The molecule has 5 rings (SSSR count). The predicted molar refractivity (Wildman–Crippen MR) is 124 cm³/mol. The normalized spacial score (nSPS) is 11.1. The highest BCUT2D eigenvalue weighted by Crippen LogP contribution is 2.38. The SMILES string of the molecule is Cc1cccc(-c2c(-c3cc4cnccc4s3)cnn2CC(=O)Nc2ccccc2F)n1. The zero-order chi connectivity index (χ0) is 22.1. The van der Waals surface area contributed by atoms with E-state index in [0.29, 0.717) is 5.69 Å². The van der Waals surface area contributed by atoms with Crippen molar-refractivity contribution in [3.05, 3.63) is 84.7 Å². The number of thiophene rings is 1. The van der Waals surface area contributed by atoms with E-state index < -0.39 is 5.82 Å². The number of pyridine rings is 2. The van der Waals surface area contributed by atoms with Crippen LogP contribution in [0.4, 0.5) is 10.1 Å². The summed E-state index contributed by atoms with van der Waals surface area (Å²) < 4.78 is 16.7. The van der Waals surface area contributed by atoms with Crippen LogP contribution in [-0.4, -0.2) is 25.7 Å². The Bertz CT molecular complexity index is 1410. The third-order valence-electron chi connectivity index (χ3n) is 4.99. The molecule has 1 N–H and O–H groups in total. The van der Waals surface area contributed by atoms with Gasteiger partial charge in [0.2, 0.25) is 5.91 Å². The van der Waals surface area contributed by atoms with Crippen molar-refractivity contribution in [2.45, 2.75) is 13.5 Å². The largest absolute Gasteiger partial charge is 0.322 e. The van der Waals surface area contributed by atoms with Gasteiger partial charge < -0.3 is 5.32 Å². The molecule has 5 aromatic rings. The molecule has 0 bridgehead atoms. The van der Waals surface area contributed by atoms with Gasteiger partial charge in [0.15, 0.2) is 0 Å². The van der Waals surface area contributed by atoms with Gasteiger partial charge in [-0.2, -0.15) is 5.10 Å². The number of fused-ring (bicyclic) bond motifs is 1. The molecule has 0 aliphatic rings. The number of carbonyl (C=O) groups excluding carboxylic acids is 1. The molecule has 158 valence electrons. The minimum Gasteiger partial charge on any atom is -0.322 e. The van der Waals surface area contributed by atoms with Crippen LogP contribution in [0.3, 0.4) is 0 Å². The number of nitrogens with one attached hydrogen (secondary N) is 1. The molecule has 0 aliphatic heterocycles. The van der Waals surface area contributed by atoms with E-state index in [1.54, 1.807) is 40.5 Å². The number of hydrogen-bond acceptors (Lipinski definition) is 5. The Hall–Kier alpha value is -3.91. The van der Waals surface area contributed by atoms with E-state index in [9.17, 15) is 9.18 Å². The lowest BCUT2D eigenvalue weighted by molar-refractivity contribution is -0.116.